The minimum absolute atomic E-state index is 0.250. The van der Waals surface area contributed by atoms with Crippen molar-refractivity contribution >= 4 is 0 Å². The van der Waals surface area contributed by atoms with Gasteiger partial charge in [-0.25, -0.2) is 4.39 Å². The molecule has 4 heteroatoms. The Balaban J connectivity index is 1.91. The van der Waals surface area contributed by atoms with E-state index in [-0.39, 0.29) is 11.9 Å². The normalized spacial score (nSPS) is 24.8. The lowest BCUT2D eigenvalue weighted by molar-refractivity contribution is 0.0130. The maximum Gasteiger partial charge on any atom is 0.165 e. The first kappa shape index (κ1) is 12.3. The molecule has 0 amide bonds. The van der Waals surface area contributed by atoms with Gasteiger partial charge in [0.2, 0.25) is 0 Å². The van der Waals surface area contributed by atoms with Crippen LogP contribution in [0.4, 0.5) is 4.39 Å². The second-order valence-electron chi connectivity index (χ2n) is 4.53. The Morgan fingerprint density at radius 2 is 2.35 bits per heavy atom. The number of ether oxygens (including phenoxy) is 1. The highest BCUT2D eigenvalue weighted by Gasteiger charge is 2.19. The summed E-state index contributed by atoms with van der Waals surface area (Å²) in [5.41, 5.74) is 0.601. The number of hydrogen-bond donors (Lipinski definition) is 2. The quantitative estimate of drug-likeness (QED) is 0.849. The van der Waals surface area contributed by atoms with Crippen LogP contribution in [-0.2, 0) is 11.3 Å². The number of nitrogens with one attached hydrogen (secondary N) is 1. The lowest BCUT2D eigenvalue weighted by Crippen LogP contribution is -2.37. The molecule has 1 aromatic rings. The van der Waals surface area contributed by atoms with Gasteiger partial charge in [0.1, 0.15) is 0 Å². The molecule has 0 aromatic heterocycles. The molecule has 0 aliphatic carbocycles. The van der Waals surface area contributed by atoms with Crippen LogP contribution < -0.4 is 5.32 Å². The zero-order valence-electron chi connectivity index (χ0n) is 9.95. The minimum atomic E-state index is -0.565. The van der Waals surface area contributed by atoms with E-state index in [9.17, 15) is 9.50 Å². The smallest absolute Gasteiger partial charge is 0.165 e. The predicted molar refractivity (Wildman–Crippen MR) is 63.3 cm³/mol. The van der Waals surface area contributed by atoms with E-state index < -0.39 is 5.82 Å². The van der Waals surface area contributed by atoms with Gasteiger partial charge in [-0.3, -0.25) is 0 Å². The fourth-order valence-electron chi connectivity index (χ4n) is 2.14. The van der Waals surface area contributed by atoms with Crippen LogP contribution >= 0.6 is 0 Å². The first-order valence-corrected chi connectivity index (χ1v) is 5.98. The fraction of sp³-hybridized carbons (Fsp3) is 0.538. The van der Waals surface area contributed by atoms with Crippen LogP contribution in [0, 0.1) is 5.82 Å². The van der Waals surface area contributed by atoms with Crippen LogP contribution in [-0.4, -0.2) is 23.9 Å². The Morgan fingerprint density at radius 3 is 3.12 bits per heavy atom. The molecule has 3 nitrogen and oxygen atoms in total. The third-order valence-corrected chi connectivity index (χ3v) is 3.14. The molecule has 0 saturated carbocycles. The highest BCUT2D eigenvalue weighted by Crippen LogP contribution is 2.21. The second kappa shape index (κ2) is 5.47. The van der Waals surface area contributed by atoms with Gasteiger partial charge in [-0.15, -0.1) is 0 Å². The third kappa shape index (κ3) is 3.17. The van der Waals surface area contributed by atoms with Crippen molar-refractivity contribution in [2.75, 3.05) is 6.61 Å². The molecule has 1 aliphatic rings. The number of rotatable bonds is 3. The summed E-state index contributed by atoms with van der Waals surface area (Å²) in [6.45, 7) is 3.29. The molecule has 0 spiro atoms. The molecule has 2 atom stereocenters. The first-order valence-electron chi connectivity index (χ1n) is 5.98. The third-order valence-electron chi connectivity index (χ3n) is 3.14. The van der Waals surface area contributed by atoms with Crippen molar-refractivity contribution in [1.82, 2.24) is 5.32 Å². The van der Waals surface area contributed by atoms with Crippen LogP contribution in [0.1, 0.15) is 25.3 Å². The van der Waals surface area contributed by atoms with Crippen molar-refractivity contribution in [1.29, 1.82) is 0 Å². The molecule has 2 unspecified atom stereocenters. The van der Waals surface area contributed by atoms with E-state index in [1.165, 1.54) is 6.07 Å². The SMILES string of the molecule is CC1CC(NCc2cccc(F)c2O)CCO1. The fourth-order valence-corrected chi connectivity index (χ4v) is 2.14. The zero-order chi connectivity index (χ0) is 12.3. The molecule has 0 radical (unpaired) electrons. The molecular formula is C13H18FNO2. The van der Waals surface area contributed by atoms with Crippen molar-refractivity contribution in [3.05, 3.63) is 29.6 Å². The summed E-state index contributed by atoms with van der Waals surface area (Å²) in [4.78, 5) is 0. The summed E-state index contributed by atoms with van der Waals surface area (Å²) < 4.78 is 18.6. The Bertz CT molecular complexity index is 384. The molecule has 0 bridgehead atoms. The predicted octanol–water partition coefficient (Wildman–Crippen LogP) is 2.19. The summed E-state index contributed by atoms with van der Waals surface area (Å²) in [7, 11) is 0. The molecule has 1 fully saturated rings. The Hall–Kier alpha value is -1.13. The van der Waals surface area contributed by atoms with Crippen LogP contribution in [0.2, 0.25) is 0 Å². The van der Waals surface area contributed by atoms with E-state index in [1.54, 1.807) is 12.1 Å². The van der Waals surface area contributed by atoms with Crippen molar-refractivity contribution < 1.29 is 14.2 Å². The van der Waals surface area contributed by atoms with Crippen LogP contribution in [0.3, 0.4) is 0 Å². The summed E-state index contributed by atoms with van der Waals surface area (Å²) in [6, 6.07) is 4.98. The minimum Gasteiger partial charge on any atom is -0.505 e. The van der Waals surface area contributed by atoms with E-state index in [1.807, 2.05) is 6.92 Å². The molecule has 1 aliphatic heterocycles. The second-order valence-corrected chi connectivity index (χ2v) is 4.53. The average Bonchev–Trinajstić information content (AvgIpc) is 2.31. The number of benzene rings is 1. The molecule has 2 rings (SSSR count). The number of phenols is 1. The maximum absolute atomic E-state index is 13.1. The molecule has 94 valence electrons. The first-order chi connectivity index (χ1) is 8.16. The van der Waals surface area contributed by atoms with E-state index in [4.69, 9.17) is 4.74 Å². The number of halogens is 1. The van der Waals surface area contributed by atoms with Crippen molar-refractivity contribution in [3.63, 3.8) is 0 Å². The van der Waals surface area contributed by atoms with Crippen LogP contribution in [0.15, 0.2) is 18.2 Å². The molecule has 1 saturated heterocycles. The van der Waals surface area contributed by atoms with Crippen molar-refractivity contribution in [2.45, 2.75) is 38.5 Å². The lowest BCUT2D eigenvalue weighted by atomic mass is 10.0. The maximum atomic E-state index is 13.1. The highest BCUT2D eigenvalue weighted by atomic mass is 19.1. The van der Waals surface area contributed by atoms with Gasteiger partial charge in [-0.05, 0) is 25.8 Å². The Morgan fingerprint density at radius 1 is 1.53 bits per heavy atom. The summed E-state index contributed by atoms with van der Waals surface area (Å²) in [5, 5.41) is 12.9. The molecule has 1 aromatic carbocycles. The zero-order valence-corrected chi connectivity index (χ0v) is 9.95. The standard InChI is InChI=1S/C13H18FNO2/c1-9-7-11(5-6-17-9)15-8-10-3-2-4-12(14)13(10)16/h2-4,9,11,15-16H,5-8H2,1H3. The van der Waals surface area contributed by atoms with Gasteiger partial charge in [0.15, 0.2) is 11.6 Å². The van der Waals surface area contributed by atoms with Gasteiger partial charge >= 0.3 is 0 Å². The Labute approximate surface area is 101 Å². The summed E-state index contributed by atoms with van der Waals surface area (Å²) in [6.07, 6.45) is 2.18. The molecule has 1 heterocycles. The topological polar surface area (TPSA) is 41.5 Å². The van der Waals surface area contributed by atoms with Gasteiger partial charge in [-0.1, -0.05) is 12.1 Å². The monoisotopic (exact) mass is 239 g/mol. The number of aromatic hydroxyl groups is 1. The van der Waals surface area contributed by atoms with E-state index in [0.29, 0.717) is 18.2 Å². The number of phenolic OH excluding ortho intramolecular Hbond substituents is 1. The molecule has 2 N–H and O–H groups in total. The van der Waals surface area contributed by atoms with E-state index in [2.05, 4.69) is 5.32 Å². The lowest BCUT2D eigenvalue weighted by Gasteiger charge is -2.28. The largest absolute Gasteiger partial charge is 0.505 e. The summed E-state index contributed by atoms with van der Waals surface area (Å²) >= 11 is 0. The van der Waals surface area contributed by atoms with Gasteiger partial charge in [0.25, 0.3) is 0 Å². The number of para-hydroxylation sites is 1. The highest BCUT2D eigenvalue weighted by molar-refractivity contribution is 5.33. The van der Waals surface area contributed by atoms with Gasteiger partial charge in [0.05, 0.1) is 6.10 Å². The average molecular weight is 239 g/mol. The van der Waals surface area contributed by atoms with Gasteiger partial charge < -0.3 is 15.2 Å². The Kier molecular flexibility index (Phi) is 3.97. The van der Waals surface area contributed by atoms with E-state index >= 15 is 0 Å². The van der Waals surface area contributed by atoms with Crippen LogP contribution in [0.5, 0.6) is 5.75 Å². The number of hydrogen-bond acceptors (Lipinski definition) is 3. The van der Waals surface area contributed by atoms with Gasteiger partial charge in [-0.2, -0.15) is 0 Å². The summed E-state index contributed by atoms with van der Waals surface area (Å²) in [5.74, 6) is -0.815. The van der Waals surface area contributed by atoms with Crippen molar-refractivity contribution in [2.24, 2.45) is 0 Å². The molecule has 17 heavy (non-hydrogen) atoms. The van der Waals surface area contributed by atoms with Crippen LogP contribution in [0.25, 0.3) is 0 Å². The van der Waals surface area contributed by atoms with Crippen molar-refractivity contribution in [3.8, 4) is 5.75 Å². The molecular weight excluding hydrogens is 221 g/mol. The van der Waals surface area contributed by atoms with E-state index in [0.717, 1.165) is 19.4 Å². The van der Waals surface area contributed by atoms with Gasteiger partial charge in [0, 0.05) is 24.8 Å².